The van der Waals surface area contributed by atoms with Crippen molar-refractivity contribution in [2.24, 2.45) is 0 Å². The number of carbonyl (C=O) groups excluding carboxylic acids is 1. The van der Waals surface area contributed by atoms with Gasteiger partial charge in [-0.2, -0.15) is 0 Å². The molecule has 0 unspecified atom stereocenters. The van der Waals surface area contributed by atoms with Crippen LogP contribution in [0.2, 0.25) is 0 Å². The molecule has 1 aromatic heterocycles. The maximum atomic E-state index is 12.0. The Bertz CT molecular complexity index is 632. The molecule has 5 heteroatoms. The Morgan fingerprint density at radius 3 is 2.30 bits per heavy atom. The molecule has 0 aliphatic heterocycles. The molecule has 23 heavy (non-hydrogen) atoms. The van der Waals surface area contributed by atoms with Crippen molar-refractivity contribution in [2.75, 3.05) is 11.9 Å². The fourth-order valence-corrected chi connectivity index (χ4v) is 2.36. The van der Waals surface area contributed by atoms with Crippen molar-refractivity contribution in [2.45, 2.75) is 40.0 Å². The van der Waals surface area contributed by atoms with Gasteiger partial charge >= 0.3 is 0 Å². The minimum atomic E-state index is -0.126. The highest BCUT2D eigenvalue weighted by molar-refractivity contribution is 5.93. The summed E-state index contributed by atoms with van der Waals surface area (Å²) in [7, 11) is 0. The van der Waals surface area contributed by atoms with Gasteiger partial charge in [-0.25, -0.2) is 9.97 Å². The lowest BCUT2D eigenvalue weighted by Crippen LogP contribution is -2.24. The number of aromatic nitrogens is 2. The summed E-state index contributed by atoms with van der Waals surface area (Å²) < 4.78 is 0. The van der Waals surface area contributed by atoms with Crippen LogP contribution in [0.5, 0.6) is 0 Å². The average Bonchev–Trinajstić information content (AvgIpc) is 2.51. The molecule has 2 rings (SSSR count). The molecule has 1 aromatic carbocycles. The van der Waals surface area contributed by atoms with Gasteiger partial charge in [0.05, 0.1) is 5.56 Å². The van der Waals surface area contributed by atoms with Crippen molar-refractivity contribution in [3.05, 3.63) is 47.3 Å². The Kier molecular flexibility index (Phi) is 6.09. The number of rotatable bonds is 7. The third kappa shape index (κ3) is 5.36. The van der Waals surface area contributed by atoms with Gasteiger partial charge in [-0.05, 0) is 43.5 Å². The van der Waals surface area contributed by atoms with Gasteiger partial charge in [-0.1, -0.05) is 25.8 Å². The van der Waals surface area contributed by atoms with Crippen LogP contribution in [0.4, 0.5) is 11.6 Å². The third-order valence-corrected chi connectivity index (χ3v) is 3.46. The van der Waals surface area contributed by atoms with Gasteiger partial charge in [-0.3, -0.25) is 4.79 Å². The molecule has 0 bridgehead atoms. The fraction of sp³-hybridized carbons (Fsp3) is 0.389. The number of hydrogen-bond donors (Lipinski definition) is 2. The molecule has 1 heterocycles. The van der Waals surface area contributed by atoms with Crippen LogP contribution in [0, 0.1) is 13.8 Å². The zero-order chi connectivity index (χ0) is 16.7. The lowest BCUT2D eigenvalue weighted by Gasteiger charge is -2.08. The second-order valence-electron chi connectivity index (χ2n) is 5.76. The van der Waals surface area contributed by atoms with Crippen LogP contribution in [0.15, 0.2) is 30.6 Å². The number of aryl methyl sites for hydroxylation is 2. The average molecular weight is 312 g/mol. The van der Waals surface area contributed by atoms with Crippen molar-refractivity contribution in [1.82, 2.24) is 15.3 Å². The van der Waals surface area contributed by atoms with Gasteiger partial charge < -0.3 is 10.6 Å². The standard InChI is InChI=1S/C18H24N4O/c1-4-5-6-7-19-17(23)15-11-20-18(21-12-15)22-16-9-13(2)8-14(3)10-16/h8-12H,4-7H2,1-3H3,(H,19,23)(H,20,21,22). The SMILES string of the molecule is CCCCCNC(=O)c1cnc(Nc2cc(C)cc(C)c2)nc1. The number of anilines is 2. The lowest BCUT2D eigenvalue weighted by atomic mass is 10.1. The highest BCUT2D eigenvalue weighted by atomic mass is 16.1. The quantitative estimate of drug-likeness (QED) is 0.764. The molecule has 0 spiro atoms. The molecule has 0 radical (unpaired) electrons. The summed E-state index contributed by atoms with van der Waals surface area (Å²) in [5, 5.41) is 6.04. The Balaban J connectivity index is 1.95. The first-order valence-corrected chi connectivity index (χ1v) is 8.04. The highest BCUT2D eigenvalue weighted by Crippen LogP contribution is 2.17. The Labute approximate surface area is 137 Å². The van der Waals surface area contributed by atoms with Crippen LogP contribution in [0.25, 0.3) is 0 Å². The largest absolute Gasteiger partial charge is 0.352 e. The van der Waals surface area contributed by atoms with Crippen LogP contribution in [-0.2, 0) is 0 Å². The van der Waals surface area contributed by atoms with E-state index in [1.165, 1.54) is 11.1 Å². The number of unbranched alkanes of at least 4 members (excludes halogenated alkanes) is 2. The zero-order valence-electron chi connectivity index (χ0n) is 14.0. The highest BCUT2D eigenvalue weighted by Gasteiger charge is 2.07. The first-order chi connectivity index (χ1) is 11.1. The van der Waals surface area contributed by atoms with Crippen LogP contribution < -0.4 is 10.6 Å². The Hall–Kier alpha value is -2.43. The molecule has 0 saturated carbocycles. The second kappa shape index (κ2) is 8.27. The van der Waals surface area contributed by atoms with E-state index in [1.807, 2.05) is 26.0 Å². The van der Waals surface area contributed by atoms with E-state index in [2.05, 4.69) is 33.6 Å². The molecule has 2 N–H and O–H groups in total. The smallest absolute Gasteiger partial charge is 0.254 e. The molecular weight excluding hydrogens is 288 g/mol. The van der Waals surface area contributed by atoms with Gasteiger partial charge in [-0.15, -0.1) is 0 Å². The number of hydrogen-bond acceptors (Lipinski definition) is 4. The van der Waals surface area contributed by atoms with Gasteiger partial charge in [0.15, 0.2) is 0 Å². The summed E-state index contributed by atoms with van der Waals surface area (Å²) in [6, 6.07) is 6.17. The van der Waals surface area contributed by atoms with E-state index >= 15 is 0 Å². The molecule has 0 atom stereocenters. The number of nitrogens with zero attached hydrogens (tertiary/aromatic N) is 2. The van der Waals surface area contributed by atoms with Gasteiger partial charge in [0, 0.05) is 24.6 Å². The molecule has 0 fully saturated rings. The van der Waals surface area contributed by atoms with Crippen molar-refractivity contribution < 1.29 is 4.79 Å². The van der Waals surface area contributed by atoms with E-state index in [0.717, 1.165) is 24.9 Å². The lowest BCUT2D eigenvalue weighted by molar-refractivity contribution is 0.0952. The maximum absolute atomic E-state index is 12.0. The molecule has 5 nitrogen and oxygen atoms in total. The van der Waals surface area contributed by atoms with E-state index in [9.17, 15) is 4.79 Å². The van der Waals surface area contributed by atoms with Crippen LogP contribution in [0.1, 0.15) is 47.7 Å². The Morgan fingerprint density at radius 2 is 1.70 bits per heavy atom. The molecular formula is C18H24N4O. The van der Waals surface area contributed by atoms with Crippen LogP contribution in [-0.4, -0.2) is 22.4 Å². The summed E-state index contributed by atoms with van der Waals surface area (Å²) in [5.74, 6) is 0.358. The molecule has 0 aliphatic carbocycles. The van der Waals surface area contributed by atoms with Gasteiger partial charge in [0.1, 0.15) is 0 Å². The predicted octanol–water partition coefficient (Wildman–Crippen LogP) is 3.76. The Morgan fingerprint density at radius 1 is 1.04 bits per heavy atom. The first-order valence-electron chi connectivity index (χ1n) is 8.04. The number of carbonyl (C=O) groups is 1. The maximum Gasteiger partial charge on any atom is 0.254 e. The van der Waals surface area contributed by atoms with Crippen LogP contribution >= 0.6 is 0 Å². The van der Waals surface area contributed by atoms with Crippen molar-refractivity contribution in [3.8, 4) is 0 Å². The molecule has 1 amide bonds. The monoisotopic (exact) mass is 312 g/mol. The van der Waals surface area contributed by atoms with E-state index in [1.54, 1.807) is 12.4 Å². The topological polar surface area (TPSA) is 66.9 Å². The fourth-order valence-electron chi connectivity index (χ4n) is 2.36. The summed E-state index contributed by atoms with van der Waals surface area (Å²) in [6.45, 7) is 6.92. The normalized spacial score (nSPS) is 10.4. The van der Waals surface area contributed by atoms with E-state index < -0.39 is 0 Å². The minimum absolute atomic E-state index is 0.126. The molecule has 0 saturated heterocycles. The third-order valence-electron chi connectivity index (χ3n) is 3.46. The predicted molar refractivity (Wildman–Crippen MR) is 93.1 cm³/mol. The van der Waals surface area contributed by atoms with E-state index in [0.29, 0.717) is 18.1 Å². The number of benzene rings is 1. The van der Waals surface area contributed by atoms with Gasteiger partial charge in [0.25, 0.3) is 5.91 Å². The van der Waals surface area contributed by atoms with E-state index in [4.69, 9.17) is 0 Å². The van der Waals surface area contributed by atoms with Crippen molar-refractivity contribution in [1.29, 1.82) is 0 Å². The summed E-state index contributed by atoms with van der Waals surface area (Å²) >= 11 is 0. The van der Waals surface area contributed by atoms with Crippen LogP contribution in [0.3, 0.4) is 0 Å². The molecule has 0 aliphatic rings. The number of nitrogens with one attached hydrogen (secondary N) is 2. The zero-order valence-corrected chi connectivity index (χ0v) is 14.0. The van der Waals surface area contributed by atoms with Gasteiger partial charge in [0.2, 0.25) is 5.95 Å². The first kappa shape index (κ1) is 16.9. The van der Waals surface area contributed by atoms with E-state index in [-0.39, 0.29) is 5.91 Å². The summed E-state index contributed by atoms with van der Waals surface area (Å²) in [4.78, 5) is 20.4. The summed E-state index contributed by atoms with van der Waals surface area (Å²) in [6.07, 6.45) is 6.35. The number of amides is 1. The minimum Gasteiger partial charge on any atom is -0.352 e. The second-order valence-corrected chi connectivity index (χ2v) is 5.76. The molecule has 122 valence electrons. The summed E-state index contributed by atoms with van der Waals surface area (Å²) in [5.41, 5.74) is 3.78. The van der Waals surface area contributed by atoms with Crippen molar-refractivity contribution in [3.63, 3.8) is 0 Å². The molecule has 2 aromatic rings. The van der Waals surface area contributed by atoms with Crippen molar-refractivity contribution >= 4 is 17.5 Å².